The van der Waals surface area contributed by atoms with E-state index in [0.717, 1.165) is 0 Å². The van der Waals surface area contributed by atoms with E-state index in [2.05, 4.69) is 9.97 Å². The van der Waals surface area contributed by atoms with Crippen LogP contribution in [0.5, 0.6) is 11.5 Å². The second kappa shape index (κ2) is 9.08. The number of aromatic nitrogens is 2. The summed E-state index contributed by atoms with van der Waals surface area (Å²) in [5.41, 5.74) is 0.182. The Kier molecular flexibility index (Phi) is 6.80. The fourth-order valence-corrected chi connectivity index (χ4v) is 2.51. The van der Waals surface area contributed by atoms with Gasteiger partial charge in [-0.15, -0.1) is 0 Å². The van der Waals surface area contributed by atoms with Gasteiger partial charge in [0.05, 0.1) is 23.0 Å². The second-order valence-corrected chi connectivity index (χ2v) is 5.67. The van der Waals surface area contributed by atoms with E-state index in [0.29, 0.717) is 21.8 Å². The summed E-state index contributed by atoms with van der Waals surface area (Å²) in [6.45, 7) is 0. The first-order valence-electron chi connectivity index (χ1n) is 7.97. The summed E-state index contributed by atoms with van der Waals surface area (Å²) in [7, 11) is 0. The molecule has 0 aliphatic carbocycles. The molecule has 0 spiro atoms. The number of fused-ring (bicyclic) bond motifs is 2. The number of carboxylic acid groups (broad SMARTS) is 2. The molecular formula is C20H12N2O6Zn. The second-order valence-electron chi connectivity index (χ2n) is 5.67. The fourth-order valence-electron chi connectivity index (χ4n) is 2.51. The van der Waals surface area contributed by atoms with Crippen LogP contribution >= 0.6 is 0 Å². The number of aromatic hydroxyl groups is 2. The van der Waals surface area contributed by atoms with Crippen LogP contribution < -0.4 is 10.2 Å². The van der Waals surface area contributed by atoms with Gasteiger partial charge >= 0.3 is 19.5 Å². The third-order valence-electron chi connectivity index (χ3n) is 3.79. The average molecular weight is 442 g/mol. The zero-order valence-electron chi connectivity index (χ0n) is 14.9. The Morgan fingerprint density at radius 3 is 1.38 bits per heavy atom. The van der Waals surface area contributed by atoms with Gasteiger partial charge in [-0.2, -0.15) is 0 Å². The van der Waals surface area contributed by atoms with E-state index < -0.39 is 23.3 Å². The predicted molar refractivity (Wildman–Crippen MR) is 95.5 cm³/mol. The maximum Gasteiger partial charge on any atom is 2.00 e. The molecule has 0 aliphatic heterocycles. The number of para-hydroxylation sites is 2. The van der Waals surface area contributed by atoms with Crippen LogP contribution in [0, 0.1) is 0 Å². The van der Waals surface area contributed by atoms with Gasteiger partial charge in [-0.1, -0.05) is 36.4 Å². The monoisotopic (exact) mass is 440 g/mol. The van der Waals surface area contributed by atoms with Crippen LogP contribution in [-0.4, -0.2) is 32.1 Å². The summed E-state index contributed by atoms with van der Waals surface area (Å²) < 4.78 is 0. The van der Waals surface area contributed by atoms with Crippen molar-refractivity contribution in [3.8, 4) is 11.5 Å². The van der Waals surface area contributed by atoms with Crippen LogP contribution in [0.25, 0.3) is 21.8 Å². The molecule has 140 valence electrons. The van der Waals surface area contributed by atoms with E-state index in [1.165, 1.54) is 12.1 Å². The van der Waals surface area contributed by atoms with Crippen molar-refractivity contribution in [3.05, 3.63) is 72.1 Å². The van der Waals surface area contributed by atoms with E-state index in [9.17, 15) is 30.0 Å². The number of carbonyl (C=O) groups excluding carboxylic acids is 2. The molecular weight excluding hydrogens is 430 g/mol. The number of hydrogen-bond acceptors (Lipinski definition) is 8. The molecule has 4 rings (SSSR count). The summed E-state index contributed by atoms with van der Waals surface area (Å²) in [5.74, 6) is -3.70. The van der Waals surface area contributed by atoms with Crippen molar-refractivity contribution >= 4 is 33.7 Å². The van der Waals surface area contributed by atoms with Crippen LogP contribution in [0.1, 0.15) is 21.0 Å². The minimum Gasteiger partial charge on any atom is -0.543 e. The maximum absolute atomic E-state index is 10.5. The number of rotatable bonds is 2. The van der Waals surface area contributed by atoms with Crippen LogP contribution in [0.15, 0.2) is 60.7 Å². The maximum atomic E-state index is 10.5. The normalized spacial score (nSPS) is 9.93. The molecule has 0 fully saturated rings. The number of carboxylic acids is 2. The fraction of sp³-hybridized carbons (Fsp3) is 0. The Bertz CT molecular complexity index is 1120. The molecule has 2 aromatic carbocycles. The molecule has 4 aromatic rings. The molecule has 0 bridgehead atoms. The Labute approximate surface area is 176 Å². The van der Waals surface area contributed by atoms with Crippen LogP contribution in [-0.2, 0) is 19.5 Å². The number of benzene rings is 2. The van der Waals surface area contributed by atoms with Crippen molar-refractivity contribution in [1.82, 2.24) is 9.97 Å². The molecule has 29 heavy (non-hydrogen) atoms. The van der Waals surface area contributed by atoms with Crippen molar-refractivity contribution in [2.24, 2.45) is 0 Å². The van der Waals surface area contributed by atoms with Gasteiger partial charge in [-0.3, -0.25) is 0 Å². The molecule has 0 amide bonds. The molecule has 2 heterocycles. The van der Waals surface area contributed by atoms with Crippen LogP contribution in [0.4, 0.5) is 0 Å². The first-order chi connectivity index (χ1) is 13.4. The largest absolute Gasteiger partial charge is 2.00 e. The number of nitrogens with zero attached hydrogens (tertiary/aromatic N) is 2. The van der Waals surface area contributed by atoms with Crippen molar-refractivity contribution in [2.45, 2.75) is 0 Å². The smallest absolute Gasteiger partial charge is 0.543 e. The molecule has 8 nitrogen and oxygen atoms in total. The molecule has 2 N–H and O–H groups in total. The number of aromatic carboxylic acids is 2. The van der Waals surface area contributed by atoms with E-state index >= 15 is 0 Å². The van der Waals surface area contributed by atoms with E-state index in [-0.39, 0.29) is 31.0 Å². The van der Waals surface area contributed by atoms with Gasteiger partial charge in [-0.25, -0.2) is 9.97 Å². The third-order valence-corrected chi connectivity index (χ3v) is 3.79. The van der Waals surface area contributed by atoms with Crippen molar-refractivity contribution in [3.63, 3.8) is 0 Å². The Balaban J connectivity index is 0.000000200. The summed E-state index contributed by atoms with van der Waals surface area (Å²) >= 11 is 0. The van der Waals surface area contributed by atoms with Gasteiger partial charge in [0.1, 0.15) is 22.9 Å². The summed E-state index contributed by atoms with van der Waals surface area (Å²) in [6, 6.07) is 16.6. The molecule has 0 atom stereocenters. The topological polar surface area (TPSA) is 146 Å². The van der Waals surface area contributed by atoms with Crippen LogP contribution in [0.3, 0.4) is 0 Å². The number of hydrogen-bond donors (Lipinski definition) is 2. The summed E-state index contributed by atoms with van der Waals surface area (Å²) in [5, 5.41) is 41.0. The molecule has 2 aromatic heterocycles. The van der Waals surface area contributed by atoms with E-state index in [4.69, 9.17) is 0 Å². The molecule has 0 radical (unpaired) electrons. The quantitative estimate of drug-likeness (QED) is 0.430. The molecule has 0 saturated carbocycles. The molecule has 0 unspecified atom stereocenters. The Morgan fingerprint density at radius 2 is 1.03 bits per heavy atom. The number of carbonyl (C=O) groups is 2. The van der Waals surface area contributed by atoms with E-state index in [1.807, 2.05) is 0 Å². The van der Waals surface area contributed by atoms with Gasteiger partial charge in [-0.05, 0) is 24.3 Å². The minimum atomic E-state index is -1.48. The number of pyridine rings is 2. The van der Waals surface area contributed by atoms with Crippen molar-refractivity contribution in [2.75, 3.05) is 0 Å². The SMILES string of the molecule is O=C([O-])c1nc2ccccc2cc1O.O=C([O-])c1nc2ccccc2cc1O.[Zn+2]. The average Bonchev–Trinajstić information content (AvgIpc) is 2.67. The minimum absolute atomic E-state index is 0. The van der Waals surface area contributed by atoms with Crippen molar-refractivity contribution < 1.29 is 49.5 Å². The van der Waals surface area contributed by atoms with Crippen LogP contribution in [0.2, 0.25) is 0 Å². The predicted octanol–water partition coefficient (Wildman–Crippen LogP) is 0.605. The van der Waals surface area contributed by atoms with Gasteiger partial charge in [0.25, 0.3) is 0 Å². The molecule has 9 heteroatoms. The Morgan fingerprint density at radius 1 is 0.690 bits per heavy atom. The van der Waals surface area contributed by atoms with Gasteiger partial charge < -0.3 is 30.0 Å². The standard InChI is InChI=1S/2C10H7NO3.Zn/c2*12-8-5-6-3-1-2-4-7(6)11-9(8)10(13)14;/h2*1-5,12H,(H,13,14);/q;;+2/p-2. The first-order valence-corrected chi connectivity index (χ1v) is 7.97. The first kappa shape index (κ1) is 21.7. The Hall–Kier alpha value is -3.58. The third kappa shape index (κ3) is 4.83. The van der Waals surface area contributed by atoms with Gasteiger partial charge in [0, 0.05) is 10.8 Å². The van der Waals surface area contributed by atoms with Crippen molar-refractivity contribution in [1.29, 1.82) is 0 Å². The zero-order chi connectivity index (χ0) is 20.3. The summed E-state index contributed by atoms with van der Waals surface area (Å²) in [6.07, 6.45) is 0. The molecule has 0 saturated heterocycles. The van der Waals surface area contributed by atoms with Gasteiger partial charge in [0.15, 0.2) is 0 Å². The zero-order valence-corrected chi connectivity index (χ0v) is 17.9. The van der Waals surface area contributed by atoms with E-state index in [1.54, 1.807) is 48.5 Å². The summed E-state index contributed by atoms with van der Waals surface area (Å²) in [4.78, 5) is 28.6. The van der Waals surface area contributed by atoms with Gasteiger partial charge in [0.2, 0.25) is 0 Å². The molecule has 0 aliphatic rings.